The van der Waals surface area contributed by atoms with Gasteiger partial charge in [0.15, 0.2) is 0 Å². The summed E-state index contributed by atoms with van der Waals surface area (Å²) in [6, 6.07) is 16.9. The molecule has 1 saturated heterocycles. The lowest BCUT2D eigenvalue weighted by Crippen LogP contribution is -2.45. The van der Waals surface area contributed by atoms with Crippen LogP contribution >= 0.6 is 0 Å². The largest absolute Gasteiger partial charge is 0.371 e. The van der Waals surface area contributed by atoms with E-state index in [1.807, 2.05) is 36.4 Å². The average molecular weight is 432 g/mol. The number of nitrogens with one attached hydrogen (secondary N) is 2. The lowest BCUT2D eigenvalue weighted by atomic mass is 10.0. The Morgan fingerprint density at radius 3 is 2.34 bits per heavy atom. The van der Waals surface area contributed by atoms with Crippen molar-refractivity contribution in [1.82, 2.24) is 15.6 Å². The minimum Gasteiger partial charge on any atom is -0.371 e. The lowest BCUT2D eigenvalue weighted by Gasteiger charge is -2.35. The molecule has 0 saturated carbocycles. The van der Waals surface area contributed by atoms with Crippen LogP contribution < -0.4 is 15.5 Å². The highest BCUT2D eigenvalue weighted by Gasteiger charge is 2.24. The van der Waals surface area contributed by atoms with Gasteiger partial charge in [-0.15, -0.1) is 0 Å². The molecule has 6 nitrogen and oxygen atoms in total. The van der Waals surface area contributed by atoms with Crippen molar-refractivity contribution in [2.24, 2.45) is 0 Å². The first kappa shape index (κ1) is 21.5. The van der Waals surface area contributed by atoms with E-state index in [2.05, 4.69) is 20.5 Å². The predicted molar refractivity (Wildman–Crippen MR) is 121 cm³/mol. The molecule has 0 radical (unpaired) electrons. The van der Waals surface area contributed by atoms with Crippen LogP contribution in [0.2, 0.25) is 0 Å². The Kier molecular flexibility index (Phi) is 6.75. The van der Waals surface area contributed by atoms with Gasteiger partial charge in [-0.05, 0) is 66.9 Å². The molecule has 0 atom stereocenters. The van der Waals surface area contributed by atoms with E-state index in [0.29, 0.717) is 17.7 Å². The molecule has 2 aromatic carbocycles. The maximum Gasteiger partial charge on any atom is 0.253 e. The van der Waals surface area contributed by atoms with Crippen molar-refractivity contribution in [3.63, 3.8) is 0 Å². The second-order valence-corrected chi connectivity index (χ2v) is 7.80. The maximum absolute atomic E-state index is 13.1. The van der Waals surface area contributed by atoms with Crippen LogP contribution in [0.4, 0.5) is 10.1 Å². The highest BCUT2D eigenvalue weighted by molar-refractivity contribution is 5.99. The number of aromatic nitrogens is 1. The predicted octanol–water partition coefficient (Wildman–Crippen LogP) is 3.55. The summed E-state index contributed by atoms with van der Waals surface area (Å²) >= 11 is 0. The van der Waals surface area contributed by atoms with E-state index < -0.39 is 0 Å². The topological polar surface area (TPSA) is 74.3 Å². The maximum atomic E-state index is 13.1. The van der Waals surface area contributed by atoms with E-state index >= 15 is 0 Å². The fourth-order valence-electron chi connectivity index (χ4n) is 3.85. The van der Waals surface area contributed by atoms with Gasteiger partial charge < -0.3 is 15.5 Å². The van der Waals surface area contributed by atoms with Gasteiger partial charge in [0, 0.05) is 49.3 Å². The van der Waals surface area contributed by atoms with Crippen LogP contribution in [-0.2, 0) is 6.54 Å². The third-order valence-corrected chi connectivity index (χ3v) is 5.63. The van der Waals surface area contributed by atoms with E-state index in [1.165, 1.54) is 24.3 Å². The summed E-state index contributed by atoms with van der Waals surface area (Å²) in [4.78, 5) is 31.4. The second-order valence-electron chi connectivity index (χ2n) is 7.80. The summed E-state index contributed by atoms with van der Waals surface area (Å²) in [7, 11) is 0. The molecule has 0 aliphatic carbocycles. The zero-order chi connectivity index (χ0) is 22.3. The number of benzene rings is 2. The molecule has 0 spiro atoms. The molecule has 7 heteroatoms. The van der Waals surface area contributed by atoms with Crippen molar-refractivity contribution in [2.75, 3.05) is 18.0 Å². The van der Waals surface area contributed by atoms with Crippen molar-refractivity contribution in [3.8, 4) is 0 Å². The number of carbonyl (C=O) groups is 2. The Morgan fingerprint density at radius 2 is 1.62 bits per heavy atom. The number of carbonyl (C=O) groups excluding carboxylic acids is 2. The van der Waals surface area contributed by atoms with Gasteiger partial charge in [0.05, 0.1) is 5.56 Å². The molecule has 1 aliphatic heterocycles. The van der Waals surface area contributed by atoms with Crippen LogP contribution in [0.1, 0.15) is 39.1 Å². The average Bonchev–Trinajstić information content (AvgIpc) is 2.84. The number of halogens is 1. The molecular weight excluding hydrogens is 407 g/mol. The van der Waals surface area contributed by atoms with Crippen molar-refractivity contribution >= 4 is 17.5 Å². The van der Waals surface area contributed by atoms with Crippen LogP contribution in [0.15, 0.2) is 73.1 Å². The monoisotopic (exact) mass is 432 g/mol. The molecule has 32 heavy (non-hydrogen) atoms. The molecule has 2 heterocycles. The summed E-state index contributed by atoms with van der Waals surface area (Å²) in [5.74, 6) is -0.679. The van der Waals surface area contributed by atoms with Crippen LogP contribution in [0, 0.1) is 5.82 Å². The molecule has 4 rings (SSSR count). The summed E-state index contributed by atoms with van der Waals surface area (Å²) in [5.41, 5.74) is 2.96. The number of nitrogens with zero attached hydrogens (tertiary/aromatic N) is 2. The van der Waals surface area contributed by atoms with Crippen LogP contribution in [0.25, 0.3) is 0 Å². The van der Waals surface area contributed by atoms with E-state index in [0.717, 1.165) is 37.2 Å². The molecular formula is C25H25FN4O2. The summed E-state index contributed by atoms with van der Waals surface area (Å²) < 4.78 is 13.1. The van der Waals surface area contributed by atoms with Crippen molar-refractivity contribution in [3.05, 3.63) is 95.6 Å². The number of hydrogen-bond acceptors (Lipinski definition) is 4. The first-order valence-electron chi connectivity index (χ1n) is 10.7. The molecule has 3 aromatic rings. The molecule has 2 amide bonds. The smallest absolute Gasteiger partial charge is 0.253 e. The SMILES string of the molecule is O=C(NC1CCN(c2ccccc2C(=O)NCc2ccncc2)CC1)c1ccc(F)cc1. The standard InChI is InChI=1S/C25H25FN4O2/c26-20-7-5-19(6-8-20)24(31)29-21-11-15-30(16-12-21)23-4-2-1-3-22(23)25(32)28-17-18-9-13-27-14-10-18/h1-10,13-14,21H,11-12,15-17H2,(H,28,32)(H,29,31). The number of hydrogen-bond donors (Lipinski definition) is 2. The Bertz CT molecular complexity index is 1060. The number of para-hydroxylation sites is 1. The highest BCUT2D eigenvalue weighted by Crippen LogP contribution is 2.24. The van der Waals surface area contributed by atoms with Gasteiger partial charge in [0.1, 0.15) is 5.82 Å². The fraction of sp³-hybridized carbons (Fsp3) is 0.240. The van der Waals surface area contributed by atoms with Gasteiger partial charge >= 0.3 is 0 Å². The zero-order valence-corrected chi connectivity index (χ0v) is 17.6. The van der Waals surface area contributed by atoms with Gasteiger partial charge in [-0.1, -0.05) is 12.1 Å². The van der Waals surface area contributed by atoms with Crippen LogP contribution in [0.5, 0.6) is 0 Å². The van der Waals surface area contributed by atoms with Crippen molar-refractivity contribution in [2.45, 2.75) is 25.4 Å². The Morgan fingerprint density at radius 1 is 0.938 bits per heavy atom. The molecule has 0 bridgehead atoms. The third-order valence-electron chi connectivity index (χ3n) is 5.63. The molecule has 164 valence electrons. The zero-order valence-electron chi connectivity index (χ0n) is 17.6. The lowest BCUT2D eigenvalue weighted by molar-refractivity contribution is 0.0929. The van der Waals surface area contributed by atoms with Gasteiger partial charge in [0.2, 0.25) is 0 Å². The summed E-state index contributed by atoms with van der Waals surface area (Å²) in [6.07, 6.45) is 4.93. The van der Waals surface area contributed by atoms with Gasteiger partial charge in [-0.3, -0.25) is 14.6 Å². The molecule has 1 aromatic heterocycles. The van der Waals surface area contributed by atoms with Gasteiger partial charge in [-0.2, -0.15) is 0 Å². The van der Waals surface area contributed by atoms with E-state index in [1.54, 1.807) is 12.4 Å². The number of amides is 2. The normalized spacial score (nSPS) is 14.1. The van der Waals surface area contributed by atoms with Gasteiger partial charge in [-0.25, -0.2) is 4.39 Å². The van der Waals surface area contributed by atoms with E-state index in [4.69, 9.17) is 0 Å². The number of pyridine rings is 1. The first-order chi connectivity index (χ1) is 15.6. The molecule has 2 N–H and O–H groups in total. The quantitative estimate of drug-likeness (QED) is 0.625. The highest BCUT2D eigenvalue weighted by atomic mass is 19.1. The van der Waals surface area contributed by atoms with Crippen LogP contribution in [-0.4, -0.2) is 35.9 Å². The van der Waals surface area contributed by atoms with E-state index in [9.17, 15) is 14.0 Å². The Labute approximate surface area is 186 Å². The minimum absolute atomic E-state index is 0.0384. The number of piperidine rings is 1. The summed E-state index contributed by atoms with van der Waals surface area (Å²) in [6.45, 7) is 1.89. The third kappa shape index (κ3) is 5.29. The van der Waals surface area contributed by atoms with Crippen molar-refractivity contribution < 1.29 is 14.0 Å². The molecule has 1 fully saturated rings. The second kappa shape index (κ2) is 10.0. The number of rotatable bonds is 6. The Balaban J connectivity index is 1.35. The van der Waals surface area contributed by atoms with Crippen molar-refractivity contribution in [1.29, 1.82) is 0 Å². The van der Waals surface area contributed by atoms with Crippen LogP contribution in [0.3, 0.4) is 0 Å². The molecule has 1 aliphatic rings. The molecule has 0 unspecified atom stereocenters. The fourth-order valence-corrected chi connectivity index (χ4v) is 3.85. The summed E-state index contributed by atoms with van der Waals surface area (Å²) in [5, 5.41) is 6.00. The van der Waals surface area contributed by atoms with Gasteiger partial charge in [0.25, 0.3) is 11.8 Å². The first-order valence-corrected chi connectivity index (χ1v) is 10.7. The number of anilines is 1. The minimum atomic E-state index is -0.363. The van der Waals surface area contributed by atoms with E-state index in [-0.39, 0.29) is 23.7 Å². The Hall–Kier alpha value is -3.74.